The zero-order valence-electron chi connectivity index (χ0n) is 7.36. The molecule has 1 rings (SSSR count). The van der Waals surface area contributed by atoms with E-state index in [0.29, 0.717) is 4.47 Å². The lowest BCUT2D eigenvalue weighted by Crippen LogP contribution is -2.40. The molecule has 0 spiro atoms. The van der Waals surface area contributed by atoms with Crippen molar-refractivity contribution in [1.29, 1.82) is 0 Å². The minimum atomic E-state index is -5.16. The van der Waals surface area contributed by atoms with E-state index in [-0.39, 0.29) is 0 Å². The Balaban J connectivity index is 3.28. The highest BCUT2D eigenvalue weighted by Crippen LogP contribution is 2.35. The van der Waals surface area contributed by atoms with Crippen LogP contribution in [0.1, 0.15) is 0 Å². The van der Waals surface area contributed by atoms with Crippen LogP contribution in [0.3, 0.4) is 0 Å². The maximum absolute atomic E-state index is 12.3. The van der Waals surface area contributed by atoms with E-state index >= 15 is 0 Å². The van der Waals surface area contributed by atoms with Crippen LogP contribution in [0.15, 0.2) is 22.7 Å². The van der Waals surface area contributed by atoms with Crippen molar-refractivity contribution in [1.82, 2.24) is 0 Å². The zero-order valence-corrected chi connectivity index (χ0v) is 9.70. The van der Waals surface area contributed by atoms with E-state index < -0.39 is 28.1 Å². The van der Waals surface area contributed by atoms with Crippen molar-refractivity contribution in [3.8, 4) is 0 Å². The Hall–Kier alpha value is -0.820. The van der Waals surface area contributed by atoms with Crippen molar-refractivity contribution in [2.24, 2.45) is 0 Å². The Kier molecular flexibility index (Phi) is 3.80. The second kappa shape index (κ2) is 4.58. The molecular formula is C8H3BrClF4NO. The molecule has 0 bridgehead atoms. The van der Waals surface area contributed by atoms with Gasteiger partial charge in [-0.05, 0) is 18.2 Å². The van der Waals surface area contributed by atoms with Crippen molar-refractivity contribution < 1.29 is 22.4 Å². The molecular weight excluding hydrogens is 317 g/mol. The number of alkyl halides is 3. The molecule has 0 saturated heterocycles. The van der Waals surface area contributed by atoms with Gasteiger partial charge in [-0.15, -0.1) is 17.6 Å². The van der Waals surface area contributed by atoms with Gasteiger partial charge in [0.25, 0.3) is 0 Å². The highest BCUT2D eigenvalue weighted by Gasteiger charge is 2.43. The molecule has 0 aliphatic rings. The lowest BCUT2D eigenvalue weighted by Gasteiger charge is -2.22. The number of amides is 1. The van der Waals surface area contributed by atoms with Gasteiger partial charge in [0.1, 0.15) is 0 Å². The van der Waals surface area contributed by atoms with Crippen LogP contribution in [-0.2, 0) is 0 Å². The van der Waals surface area contributed by atoms with Crippen LogP contribution < -0.4 is 4.90 Å². The lowest BCUT2D eigenvalue weighted by molar-refractivity contribution is -0.122. The van der Waals surface area contributed by atoms with Crippen molar-refractivity contribution in [3.05, 3.63) is 27.7 Å². The van der Waals surface area contributed by atoms with E-state index in [4.69, 9.17) is 11.6 Å². The van der Waals surface area contributed by atoms with Crippen molar-refractivity contribution in [2.45, 2.75) is 6.30 Å². The van der Waals surface area contributed by atoms with E-state index in [0.717, 1.165) is 12.1 Å². The average molecular weight is 320 g/mol. The van der Waals surface area contributed by atoms with Crippen LogP contribution >= 0.6 is 27.5 Å². The molecule has 0 aliphatic carbocycles. The molecule has 0 radical (unpaired) electrons. The third kappa shape index (κ3) is 2.85. The fourth-order valence-electron chi connectivity index (χ4n) is 0.994. The summed E-state index contributed by atoms with van der Waals surface area (Å²) >= 11 is 8.45. The molecule has 1 aromatic rings. The molecule has 8 heteroatoms. The molecule has 2 nitrogen and oxygen atoms in total. The summed E-state index contributed by atoms with van der Waals surface area (Å²) in [5.74, 6) is 0. The number of carbonyl (C=O) groups is 1. The first-order chi connectivity index (χ1) is 7.23. The Morgan fingerprint density at radius 3 is 2.31 bits per heavy atom. The molecule has 0 N–H and O–H groups in total. The standard InChI is InChI=1S/C8H3BrClF4NO/c9-4-1-2-6(5(10)3-4)15(7(11)16)8(12,13)14/h1-3H. The molecule has 1 aromatic carbocycles. The maximum Gasteiger partial charge on any atom is 0.493 e. The molecule has 0 aromatic heterocycles. The summed E-state index contributed by atoms with van der Waals surface area (Å²) in [6, 6.07) is 3.22. The molecule has 0 saturated carbocycles. The summed E-state index contributed by atoms with van der Waals surface area (Å²) in [6.07, 6.45) is -7.81. The highest BCUT2D eigenvalue weighted by atomic mass is 79.9. The van der Waals surface area contributed by atoms with Crippen molar-refractivity contribution in [3.63, 3.8) is 0 Å². The minimum Gasteiger partial charge on any atom is -0.233 e. The van der Waals surface area contributed by atoms with Gasteiger partial charge in [0.05, 0.1) is 10.7 Å². The largest absolute Gasteiger partial charge is 0.493 e. The molecule has 88 valence electrons. The molecule has 16 heavy (non-hydrogen) atoms. The monoisotopic (exact) mass is 319 g/mol. The van der Waals surface area contributed by atoms with Crippen molar-refractivity contribution >= 4 is 39.4 Å². The van der Waals surface area contributed by atoms with Crippen LogP contribution in [0.5, 0.6) is 0 Å². The summed E-state index contributed by atoms with van der Waals surface area (Å²) < 4.78 is 49.7. The van der Waals surface area contributed by atoms with Gasteiger partial charge in [-0.3, -0.25) is 0 Å². The number of halogens is 6. The smallest absolute Gasteiger partial charge is 0.233 e. The van der Waals surface area contributed by atoms with Gasteiger partial charge in [-0.2, -0.15) is 4.90 Å². The lowest BCUT2D eigenvalue weighted by atomic mass is 10.3. The Morgan fingerprint density at radius 2 is 1.94 bits per heavy atom. The summed E-state index contributed by atoms with van der Waals surface area (Å²) in [7, 11) is 0. The van der Waals surface area contributed by atoms with E-state index in [9.17, 15) is 22.4 Å². The number of rotatable bonds is 1. The first-order valence-electron chi connectivity index (χ1n) is 3.75. The quantitative estimate of drug-likeness (QED) is 0.423. The number of nitrogens with zero attached hydrogens (tertiary/aromatic N) is 1. The Morgan fingerprint density at radius 1 is 1.38 bits per heavy atom. The predicted octanol–water partition coefficient (Wildman–Crippen LogP) is 4.52. The maximum atomic E-state index is 12.3. The van der Waals surface area contributed by atoms with Gasteiger partial charge in [0, 0.05) is 4.47 Å². The highest BCUT2D eigenvalue weighted by molar-refractivity contribution is 9.10. The number of benzene rings is 1. The SMILES string of the molecule is O=C(F)N(c1ccc(Br)cc1Cl)C(F)(F)F. The van der Waals surface area contributed by atoms with E-state index in [1.165, 1.54) is 6.07 Å². The topological polar surface area (TPSA) is 20.3 Å². The van der Waals surface area contributed by atoms with Gasteiger partial charge >= 0.3 is 12.5 Å². The number of hydrogen-bond donors (Lipinski definition) is 0. The van der Waals surface area contributed by atoms with Crippen LogP contribution in [0.4, 0.5) is 28.0 Å². The average Bonchev–Trinajstić information content (AvgIpc) is 2.06. The summed E-state index contributed by atoms with van der Waals surface area (Å²) in [5, 5.41) is -0.391. The molecule has 0 aliphatic heterocycles. The number of anilines is 1. The van der Waals surface area contributed by atoms with Crippen LogP contribution in [0, 0.1) is 0 Å². The summed E-state index contributed by atoms with van der Waals surface area (Å²) in [5.41, 5.74) is -0.759. The Labute approximate surface area is 101 Å². The molecule has 0 heterocycles. The van der Waals surface area contributed by atoms with E-state index in [2.05, 4.69) is 15.9 Å². The third-order valence-electron chi connectivity index (χ3n) is 1.58. The fourth-order valence-corrected chi connectivity index (χ4v) is 1.75. The predicted molar refractivity (Wildman–Crippen MR) is 54.2 cm³/mol. The fraction of sp³-hybridized carbons (Fsp3) is 0.125. The van der Waals surface area contributed by atoms with Gasteiger partial charge in [0.2, 0.25) is 0 Å². The van der Waals surface area contributed by atoms with Crippen LogP contribution in [0.2, 0.25) is 5.02 Å². The van der Waals surface area contributed by atoms with Gasteiger partial charge in [-0.1, -0.05) is 27.5 Å². The number of carbonyl (C=O) groups excluding carboxylic acids is 1. The molecule has 0 unspecified atom stereocenters. The van der Waals surface area contributed by atoms with Crippen molar-refractivity contribution in [2.75, 3.05) is 4.90 Å². The minimum absolute atomic E-state index is 0.391. The third-order valence-corrected chi connectivity index (χ3v) is 2.38. The molecule has 1 amide bonds. The second-order valence-corrected chi connectivity index (χ2v) is 3.97. The molecule has 0 fully saturated rings. The van der Waals surface area contributed by atoms with Crippen LogP contribution in [-0.4, -0.2) is 12.5 Å². The van der Waals surface area contributed by atoms with E-state index in [1.54, 1.807) is 0 Å². The second-order valence-electron chi connectivity index (χ2n) is 2.65. The first-order valence-corrected chi connectivity index (χ1v) is 4.92. The van der Waals surface area contributed by atoms with Crippen LogP contribution in [0.25, 0.3) is 0 Å². The van der Waals surface area contributed by atoms with Gasteiger partial charge in [-0.25, -0.2) is 4.79 Å². The summed E-state index contributed by atoms with van der Waals surface area (Å²) in [4.78, 5) is 9.33. The summed E-state index contributed by atoms with van der Waals surface area (Å²) in [6.45, 7) is 0. The zero-order chi connectivity index (χ0) is 12.5. The first kappa shape index (κ1) is 13.2. The van der Waals surface area contributed by atoms with Gasteiger partial charge < -0.3 is 0 Å². The number of hydrogen-bond acceptors (Lipinski definition) is 1. The molecule has 0 atom stereocenters. The normalized spacial score (nSPS) is 11.4. The van der Waals surface area contributed by atoms with Gasteiger partial charge in [0.15, 0.2) is 0 Å². The van der Waals surface area contributed by atoms with E-state index in [1.807, 2.05) is 0 Å². The Bertz CT molecular complexity index is 423.